The molecule has 0 saturated carbocycles. The lowest BCUT2D eigenvalue weighted by molar-refractivity contribution is 0.0949. The van der Waals surface area contributed by atoms with E-state index in [1.807, 2.05) is 55.6 Å². The topological polar surface area (TPSA) is 49.4 Å². The normalized spacial score (nSPS) is 12.0. The van der Waals surface area contributed by atoms with Crippen LogP contribution in [0, 0.1) is 0 Å². The van der Waals surface area contributed by atoms with Crippen molar-refractivity contribution in [2.45, 2.75) is 6.54 Å². The number of carbonyl (C=O) groups is 2. The zero-order valence-electron chi connectivity index (χ0n) is 15.8. The molecule has 140 valence electrons. The van der Waals surface area contributed by atoms with Gasteiger partial charge in [0.1, 0.15) is 0 Å². The lowest BCUT2D eigenvalue weighted by Gasteiger charge is -2.17. The van der Waals surface area contributed by atoms with Gasteiger partial charge in [0.15, 0.2) is 5.78 Å². The second-order valence-electron chi connectivity index (χ2n) is 7.11. The third-order valence-electron chi connectivity index (χ3n) is 5.06. The highest BCUT2D eigenvalue weighted by molar-refractivity contribution is 6.22. The molecule has 3 aromatic carbocycles. The molecule has 0 atom stereocenters. The zero-order valence-corrected chi connectivity index (χ0v) is 15.8. The van der Waals surface area contributed by atoms with Crippen LogP contribution in [0.25, 0.3) is 11.1 Å². The maximum absolute atomic E-state index is 12.6. The minimum absolute atomic E-state index is 0.0113. The summed E-state index contributed by atoms with van der Waals surface area (Å²) >= 11 is 0. The Morgan fingerprint density at radius 2 is 1.54 bits per heavy atom. The van der Waals surface area contributed by atoms with Crippen molar-refractivity contribution in [3.05, 3.63) is 95.1 Å². The lowest BCUT2D eigenvalue weighted by Crippen LogP contribution is -2.32. The number of rotatable bonds is 6. The summed E-state index contributed by atoms with van der Waals surface area (Å²) in [7, 11) is 2.03. The van der Waals surface area contributed by atoms with Crippen LogP contribution in [-0.2, 0) is 6.54 Å². The molecular weight excluding hydrogens is 348 g/mol. The molecule has 1 aliphatic rings. The summed E-state index contributed by atoms with van der Waals surface area (Å²) < 4.78 is 0. The van der Waals surface area contributed by atoms with Gasteiger partial charge in [-0.25, -0.2) is 0 Å². The number of amides is 1. The van der Waals surface area contributed by atoms with Gasteiger partial charge in [0.2, 0.25) is 0 Å². The van der Waals surface area contributed by atoms with E-state index in [9.17, 15) is 9.59 Å². The van der Waals surface area contributed by atoms with Crippen molar-refractivity contribution in [1.29, 1.82) is 0 Å². The van der Waals surface area contributed by atoms with E-state index in [0.29, 0.717) is 23.2 Å². The first-order chi connectivity index (χ1) is 13.6. The first-order valence-electron chi connectivity index (χ1n) is 9.42. The minimum atomic E-state index is -0.153. The van der Waals surface area contributed by atoms with Crippen LogP contribution in [0.5, 0.6) is 0 Å². The van der Waals surface area contributed by atoms with Crippen molar-refractivity contribution < 1.29 is 9.59 Å². The van der Waals surface area contributed by atoms with Gasteiger partial charge in [-0.15, -0.1) is 0 Å². The Labute approximate surface area is 164 Å². The molecular formula is C24H22N2O2. The summed E-state index contributed by atoms with van der Waals surface area (Å²) in [5.41, 5.74) is 4.92. The van der Waals surface area contributed by atoms with Gasteiger partial charge in [0, 0.05) is 36.3 Å². The summed E-state index contributed by atoms with van der Waals surface area (Å²) in [5, 5.41) is 2.95. The van der Waals surface area contributed by atoms with Crippen molar-refractivity contribution in [2.75, 3.05) is 20.1 Å². The van der Waals surface area contributed by atoms with Crippen molar-refractivity contribution in [2.24, 2.45) is 0 Å². The highest BCUT2D eigenvalue weighted by atomic mass is 16.1. The van der Waals surface area contributed by atoms with E-state index >= 15 is 0 Å². The minimum Gasteiger partial charge on any atom is -0.351 e. The molecule has 0 aromatic heterocycles. The molecule has 0 spiro atoms. The maximum Gasteiger partial charge on any atom is 0.251 e. The van der Waals surface area contributed by atoms with Crippen LogP contribution >= 0.6 is 0 Å². The predicted octanol–water partition coefficient (Wildman–Crippen LogP) is 3.76. The van der Waals surface area contributed by atoms with Crippen molar-refractivity contribution in [1.82, 2.24) is 10.2 Å². The molecule has 0 heterocycles. The van der Waals surface area contributed by atoms with Crippen LogP contribution in [0.3, 0.4) is 0 Å². The molecule has 0 aliphatic heterocycles. The molecule has 0 fully saturated rings. The first kappa shape index (κ1) is 18.1. The van der Waals surface area contributed by atoms with Crippen LogP contribution < -0.4 is 5.32 Å². The molecule has 1 N–H and O–H groups in total. The third-order valence-corrected chi connectivity index (χ3v) is 5.06. The molecule has 4 nitrogen and oxygen atoms in total. The smallest absolute Gasteiger partial charge is 0.251 e. The van der Waals surface area contributed by atoms with Gasteiger partial charge in [-0.05, 0) is 35.9 Å². The molecule has 4 rings (SSSR count). The molecule has 0 bridgehead atoms. The van der Waals surface area contributed by atoms with Gasteiger partial charge < -0.3 is 10.2 Å². The van der Waals surface area contributed by atoms with Gasteiger partial charge in [-0.1, -0.05) is 60.7 Å². The van der Waals surface area contributed by atoms with E-state index in [4.69, 9.17) is 0 Å². The monoisotopic (exact) mass is 370 g/mol. The second kappa shape index (κ2) is 7.79. The van der Waals surface area contributed by atoms with E-state index in [-0.39, 0.29) is 11.7 Å². The van der Waals surface area contributed by atoms with Crippen molar-refractivity contribution in [3.63, 3.8) is 0 Å². The van der Waals surface area contributed by atoms with E-state index in [1.165, 1.54) is 5.56 Å². The number of carbonyl (C=O) groups excluding carboxylic acids is 2. The number of nitrogens with one attached hydrogen (secondary N) is 1. The van der Waals surface area contributed by atoms with Crippen molar-refractivity contribution >= 4 is 11.7 Å². The highest BCUT2D eigenvalue weighted by Crippen LogP contribution is 2.36. The Morgan fingerprint density at radius 3 is 2.32 bits per heavy atom. The van der Waals surface area contributed by atoms with E-state index < -0.39 is 0 Å². The molecule has 1 amide bonds. The quantitative estimate of drug-likeness (QED) is 0.562. The highest BCUT2D eigenvalue weighted by Gasteiger charge is 2.26. The SMILES string of the molecule is CN(CCNC(=O)c1ccc2c(c1)C(=O)c1ccccc1-2)Cc1ccccc1. The molecule has 28 heavy (non-hydrogen) atoms. The average molecular weight is 370 g/mol. The fraction of sp³-hybridized carbons (Fsp3) is 0.167. The molecule has 0 radical (unpaired) electrons. The Kier molecular flexibility index (Phi) is 5.04. The molecule has 1 aliphatic carbocycles. The van der Waals surface area contributed by atoms with E-state index in [2.05, 4.69) is 22.3 Å². The molecule has 3 aromatic rings. The fourth-order valence-corrected chi connectivity index (χ4v) is 3.61. The van der Waals surface area contributed by atoms with Crippen LogP contribution in [0.1, 0.15) is 31.8 Å². The summed E-state index contributed by atoms with van der Waals surface area (Å²) in [5.74, 6) is -0.164. The van der Waals surface area contributed by atoms with Crippen LogP contribution in [0.15, 0.2) is 72.8 Å². The Balaban J connectivity index is 1.37. The summed E-state index contributed by atoms with van der Waals surface area (Å²) in [4.78, 5) is 27.3. The standard InChI is InChI=1S/C24H22N2O2/c1-26(16-17-7-3-2-4-8-17)14-13-25-24(28)18-11-12-20-19-9-5-6-10-21(19)23(27)22(20)15-18/h2-12,15H,13-14,16H2,1H3,(H,25,28). The summed E-state index contributed by atoms with van der Waals surface area (Å²) in [6.45, 7) is 2.13. The van der Waals surface area contributed by atoms with Gasteiger partial charge in [-0.2, -0.15) is 0 Å². The second-order valence-corrected chi connectivity index (χ2v) is 7.11. The summed E-state index contributed by atoms with van der Waals surface area (Å²) in [6.07, 6.45) is 0. The zero-order chi connectivity index (χ0) is 19.5. The Morgan fingerprint density at radius 1 is 0.857 bits per heavy atom. The van der Waals surface area contributed by atoms with Gasteiger partial charge in [-0.3, -0.25) is 9.59 Å². The largest absolute Gasteiger partial charge is 0.351 e. The Bertz CT molecular complexity index is 1030. The predicted molar refractivity (Wildman–Crippen MR) is 110 cm³/mol. The van der Waals surface area contributed by atoms with E-state index in [0.717, 1.165) is 24.2 Å². The number of ketones is 1. The summed E-state index contributed by atoms with van der Waals surface area (Å²) in [6, 6.07) is 23.2. The fourth-order valence-electron chi connectivity index (χ4n) is 3.61. The number of likely N-dealkylation sites (N-methyl/N-ethyl adjacent to an activating group) is 1. The van der Waals surface area contributed by atoms with Crippen molar-refractivity contribution in [3.8, 4) is 11.1 Å². The average Bonchev–Trinajstić information content (AvgIpc) is 3.01. The number of benzene rings is 3. The van der Waals surface area contributed by atoms with Gasteiger partial charge >= 0.3 is 0 Å². The molecule has 4 heteroatoms. The third kappa shape index (κ3) is 3.59. The first-order valence-corrected chi connectivity index (χ1v) is 9.42. The number of hydrogen-bond acceptors (Lipinski definition) is 3. The Hall–Kier alpha value is -3.24. The van der Waals surface area contributed by atoms with E-state index in [1.54, 1.807) is 12.1 Å². The molecule has 0 unspecified atom stereocenters. The van der Waals surface area contributed by atoms with Crippen LogP contribution in [0.2, 0.25) is 0 Å². The number of hydrogen-bond donors (Lipinski definition) is 1. The lowest BCUT2D eigenvalue weighted by atomic mass is 10.0. The number of fused-ring (bicyclic) bond motifs is 3. The van der Waals surface area contributed by atoms with Gasteiger partial charge in [0.05, 0.1) is 0 Å². The van der Waals surface area contributed by atoms with Crippen LogP contribution in [-0.4, -0.2) is 36.7 Å². The molecule has 0 saturated heterocycles. The van der Waals surface area contributed by atoms with Crippen LogP contribution in [0.4, 0.5) is 0 Å². The maximum atomic E-state index is 12.6. The van der Waals surface area contributed by atoms with Gasteiger partial charge in [0.25, 0.3) is 5.91 Å². The number of nitrogens with zero attached hydrogens (tertiary/aromatic N) is 1.